The molecule has 0 amide bonds. The zero-order valence-corrected chi connectivity index (χ0v) is 12.1. The van der Waals surface area contributed by atoms with E-state index in [0.29, 0.717) is 5.76 Å². The van der Waals surface area contributed by atoms with Gasteiger partial charge in [-0.1, -0.05) is 12.8 Å². The van der Waals surface area contributed by atoms with Crippen LogP contribution in [0.25, 0.3) is 0 Å². The summed E-state index contributed by atoms with van der Waals surface area (Å²) in [5.41, 5.74) is -0.113. The van der Waals surface area contributed by atoms with Crippen LogP contribution in [-0.4, -0.2) is 21.3 Å². The molecule has 0 atom stereocenters. The fraction of sp³-hybridized carbons (Fsp3) is 0.400. The van der Waals surface area contributed by atoms with Crippen molar-refractivity contribution in [3.8, 4) is 5.75 Å². The molecule has 0 aromatic heterocycles. The summed E-state index contributed by atoms with van der Waals surface area (Å²) in [6.07, 6.45) is 7.54. The predicted molar refractivity (Wildman–Crippen MR) is 80.2 cm³/mol. The quantitative estimate of drug-likeness (QED) is 0.362. The summed E-state index contributed by atoms with van der Waals surface area (Å²) in [6.45, 7) is 0. The van der Waals surface area contributed by atoms with Gasteiger partial charge in [0, 0.05) is 18.6 Å². The molecule has 1 aliphatic rings. The summed E-state index contributed by atoms with van der Waals surface area (Å²) >= 11 is 0. The highest BCUT2D eigenvalue weighted by Gasteiger charge is 2.05. The summed E-state index contributed by atoms with van der Waals surface area (Å²) in [5.74, 6) is 0.660. The van der Waals surface area contributed by atoms with Crippen LogP contribution in [0.1, 0.15) is 38.5 Å². The lowest BCUT2D eigenvalue weighted by atomic mass is 10.1. The lowest BCUT2D eigenvalue weighted by Crippen LogP contribution is -2.02. The van der Waals surface area contributed by atoms with Crippen molar-refractivity contribution >= 4 is 11.8 Å². The highest BCUT2D eigenvalue weighted by molar-refractivity contribution is 5.61. The van der Waals surface area contributed by atoms with Gasteiger partial charge in [0.25, 0.3) is 5.69 Å². The molecule has 0 unspecified atom stereocenters. The molecular formula is C15H19NO6. The van der Waals surface area contributed by atoms with E-state index in [1.165, 1.54) is 37.8 Å². The number of non-ortho nitro benzene ring substituents is 1. The average molecular weight is 309 g/mol. The minimum absolute atomic E-state index is 0.0538. The third kappa shape index (κ3) is 7.28. The van der Waals surface area contributed by atoms with Crippen LogP contribution in [-0.2, 0) is 0 Å². The Morgan fingerprint density at radius 2 is 1.77 bits per heavy atom. The van der Waals surface area contributed by atoms with E-state index in [2.05, 4.69) is 4.74 Å². The van der Waals surface area contributed by atoms with Gasteiger partial charge in [-0.15, -0.1) is 0 Å². The van der Waals surface area contributed by atoms with Crippen LogP contribution in [0, 0.1) is 10.1 Å². The first-order chi connectivity index (χ1) is 10.5. The Morgan fingerprint density at radius 3 is 2.36 bits per heavy atom. The molecule has 2 N–H and O–H groups in total. The summed E-state index contributed by atoms with van der Waals surface area (Å²) in [6, 6.07) is 4.76. The molecule has 1 aromatic rings. The maximum atomic E-state index is 10.2. The number of hydrogen-bond donors (Lipinski definition) is 2. The number of carbonyl (C=O) groups is 1. The summed E-state index contributed by atoms with van der Waals surface area (Å²) in [7, 11) is 0. The first-order valence-electron chi connectivity index (χ1n) is 7.02. The Kier molecular flexibility index (Phi) is 7.45. The standard InChI is InChI=1S/C8H14O.C7H5NO5/c9-8-6-4-2-1-3-5-7-8;9-7(10)13-6-3-1-5(2-4-6)8(11)12/h6,9H,1-5,7H2;1-4H,(H,9,10)/b8-6+;. The first-order valence-corrected chi connectivity index (χ1v) is 7.02. The Bertz CT molecular complexity index is 523. The van der Waals surface area contributed by atoms with E-state index in [4.69, 9.17) is 10.2 Å². The average Bonchev–Trinajstić information content (AvgIpc) is 2.43. The number of benzene rings is 1. The SMILES string of the molecule is O/C1=C/CCCCCC1.O=C(O)Oc1ccc([N+](=O)[O-])cc1. The second kappa shape index (κ2) is 9.38. The van der Waals surface area contributed by atoms with Gasteiger partial charge < -0.3 is 14.9 Å². The number of aliphatic hydroxyl groups is 1. The van der Waals surface area contributed by atoms with Crippen LogP contribution in [0.15, 0.2) is 36.1 Å². The second-order valence-corrected chi connectivity index (χ2v) is 4.77. The minimum Gasteiger partial charge on any atom is -0.513 e. The van der Waals surface area contributed by atoms with Crippen molar-refractivity contribution < 1.29 is 24.7 Å². The summed E-state index contributed by atoms with van der Waals surface area (Å²) in [5, 5.41) is 27.4. The van der Waals surface area contributed by atoms with Crippen molar-refractivity contribution in [3.63, 3.8) is 0 Å². The highest BCUT2D eigenvalue weighted by Crippen LogP contribution is 2.17. The van der Waals surface area contributed by atoms with Crippen molar-refractivity contribution in [1.82, 2.24) is 0 Å². The van der Waals surface area contributed by atoms with Gasteiger partial charge in [-0.2, -0.15) is 0 Å². The number of carboxylic acid groups (broad SMARTS) is 1. The van der Waals surface area contributed by atoms with Crippen LogP contribution < -0.4 is 4.74 Å². The Hall–Kier alpha value is -2.57. The maximum absolute atomic E-state index is 10.2. The lowest BCUT2D eigenvalue weighted by molar-refractivity contribution is -0.384. The summed E-state index contributed by atoms with van der Waals surface area (Å²) < 4.78 is 4.24. The van der Waals surface area contributed by atoms with E-state index >= 15 is 0 Å². The van der Waals surface area contributed by atoms with Crippen molar-refractivity contribution in [2.45, 2.75) is 38.5 Å². The molecule has 0 heterocycles. The Balaban J connectivity index is 0.000000235. The topological polar surface area (TPSA) is 110 Å². The number of nitro groups is 1. The van der Waals surface area contributed by atoms with Crippen LogP contribution in [0.2, 0.25) is 0 Å². The van der Waals surface area contributed by atoms with Crippen molar-refractivity contribution in [2.75, 3.05) is 0 Å². The Morgan fingerprint density at radius 1 is 1.14 bits per heavy atom. The largest absolute Gasteiger partial charge is 0.513 e. The monoisotopic (exact) mass is 309 g/mol. The van der Waals surface area contributed by atoms with E-state index in [9.17, 15) is 14.9 Å². The number of rotatable bonds is 2. The molecule has 2 rings (SSSR count). The number of ether oxygens (including phenoxy) is 1. The molecule has 7 heteroatoms. The van der Waals surface area contributed by atoms with Gasteiger partial charge in [-0.3, -0.25) is 10.1 Å². The Labute approximate surface area is 128 Å². The highest BCUT2D eigenvalue weighted by atomic mass is 16.7. The van der Waals surface area contributed by atoms with Gasteiger partial charge in [0.1, 0.15) is 5.75 Å². The van der Waals surface area contributed by atoms with Gasteiger partial charge in [0.2, 0.25) is 0 Å². The van der Waals surface area contributed by atoms with Gasteiger partial charge in [0.05, 0.1) is 10.7 Å². The van der Waals surface area contributed by atoms with Crippen LogP contribution in [0.5, 0.6) is 5.75 Å². The number of nitro benzene ring substituents is 1. The van der Waals surface area contributed by atoms with Gasteiger partial charge >= 0.3 is 6.16 Å². The van der Waals surface area contributed by atoms with Gasteiger partial charge in [-0.05, 0) is 37.5 Å². The predicted octanol–water partition coefficient (Wildman–Crippen LogP) is 4.43. The van der Waals surface area contributed by atoms with Crippen molar-refractivity contribution in [3.05, 3.63) is 46.2 Å². The molecule has 0 aliphatic heterocycles. The van der Waals surface area contributed by atoms with E-state index in [1.807, 2.05) is 6.08 Å². The molecule has 7 nitrogen and oxygen atoms in total. The molecule has 22 heavy (non-hydrogen) atoms. The molecule has 0 fully saturated rings. The van der Waals surface area contributed by atoms with Crippen molar-refractivity contribution in [1.29, 1.82) is 0 Å². The molecule has 0 bridgehead atoms. The number of hydrogen-bond acceptors (Lipinski definition) is 5. The zero-order chi connectivity index (χ0) is 16.4. The third-order valence-electron chi connectivity index (χ3n) is 3.02. The van der Waals surface area contributed by atoms with Crippen LogP contribution in [0.3, 0.4) is 0 Å². The van der Waals surface area contributed by atoms with E-state index in [-0.39, 0.29) is 11.4 Å². The fourth-order valence-electron chi connectivity index (χ4n) is 1.91. The molecule has 1 aliphatic carbocycles. The second-order valence-electron chi connectivity index (χ2n) is 4.77. The van der Waals surface area contributed by atoms with Crippen LogP contribution >= 0.6 is 0 Å². The number of nitrogens with zero attached hydrogens (tertiary/aromatic N) is 1. The number of allylic oxidation sites excluding steroid dienone is 2. The maximum Gasteiger partial charge on any atom is 0.511 e. The molecular weight excluding hydrogens is 290 g/mol. The number of aliphatic hydroxyl groups excluding tert-OH is 1. The van der Waals surface area contributed by atoms with Crippen LogP contribution in [0.4, 0.5) is 10.5 Å². The molecule has 120 valence electrons. The molecule has 0 radical (unpaired) electrons. The van der Waals surface area contributed by atoms with E-state index in [0.717, 1.165) is 25.0 Å². The fourth-order valence-corrected chi connectivity index (χ4v) is 1.91. The van der Waals surface area contributed by atoms with E-state index < -0.39 is 11.1 Å². The molecule has 0 saturated carbocycles. The zero-order valence-electron chi connectivity index (χ0n) is 12.1. The lowest BCUT2D eigenvalue weighted by Gasteiger charge is -2.04. The summed E-state index contributed by atoms with van der Waals surface area (Å²) in [4.78, 5) is 19.6. The van der Waals surface area contributed by atoms with Gasteiger partial charge in [-0.25, -0.2) is 4.79 Å². The third-order valence-corrected chi connectivity index (χ3v) is 3.02. The molecule has 0 spiro atoms. The first kappa shape index (κ1) is 17.5. The van der Waals surface area contributed by atoms with Gasteiger partial charge in [0.15, 0.2) is 0 Å². The van der Waals surface area contributed by atoms with E-state index in [1.54, 1.807) is 0 Å². The normalized spacial score (nSPS) is 16.8. The molecule has 0 saturated heterocycles. The smallest absolute Gasteiger partial charge is 0.511 e. The van der Waals surface area contributed by atoms with Crippen molar-refractivity contribution in [2.24, 2.45) is 0 Å². The molecule has 1 aromatic carbocycles. The minimum atomic E-state index is -1.45.